The second-order valence-electron chi connectivity index (χ2n) is 7.30. The van der Waals surface area contributed by atoms with Crippen LogP contribution < -0.4 is 10.5 Å². The van der Waals surface area contributed by atoms with Gasteiger partial charge in [-0.3, -0.25) is 14.2 Å². The highest BCUT2D eigenvalue weighted by atomic mass is 32.1. The number of carbonyl (C=O) groups excluding carboxylic acids is 1. The van der Waals surface area contributed by atoms with E-state index in [0.717, 1.165) is 15.8 Å². The van der Waals surface area contributed by atoms with Crippen LogP contribution in [0.3, 0.4) is 0 Å². The number of carbonyl (C=O) groups is 1. The van der Waals surface area contributed by atoms with Crippen molar-refractivity contribution < 1.29 is 9.18 Å². The predicted molar refractivity (Wildman–Crippen MR) is 117 cm³/mol. The van der Waals surface area contributed by atoms with Crippen molar-refractivity contribution in [3.8, 4) is 0 Å². The third-order valence-corrected chi connectivity index (χ3v) is 6.63. The third-order valence-electron chi connectivity index (χ3n) is 5.48. The van der Waals surface area contributed by atoms with E-state index in [1.54, 1.807) is 17.0 Å². The minimum atomic E-state index is -0.262. The number of piperazine rings is 1. The van der Waals surface area contributed by atoms with Crippen molar-refractivity contribution in [1.29, 1.82) is 0 Å². The zero-order valence-corrected chi connectivity index (χ0v) is 16.9. The molecule has 0 bridgehead atoms. The van der Waals surface area contributed by atoms with E-state index in [1.807, 2.05) is 24.3 Å². The van der Waals surface area contributed by atoms with Crippen LogP contribution in [-0.4, -0.2) is 46.5 Å². The molecule has 2 aromatic heterocycles. The predicted octanol–water partition coefficient (Wildman–Crippen LogP) is 3.10. The van der Waals surface area contributed by atoms with Crippen LogP contribution in [0.5, 0.6) is 0 Å². The first-order chi connectivity index (χ1) is 14.6. The number of aromatic nitrogens is 2. The van der Waals surface area contributed by atoms with Crippen molar-refractivity contribution in [3.63, 3.8) is 0 Å². The summed E-state index contributed by atoms with van der Waals surface area (Å²) < 4.78 is 16.1. The number of fused-ring (bicyclic) bond motifs is 3. The van der Waals surface area contributed by atoms with Crippen LogP contribution in [0.1, 0.15) is 0 Å². The van der Waals surface area contributed by atoms with Gasteiger partial charge in [-0.1, -0.05) is 18.2 Å². The maximum absolute atomic E-state index is 13.1. The lowest BCUT2D eigenvalue weighted by atomic mass is 10.2. The molecule has 152 valence electrons. The largest absolute Gasteiger partial charge is 0.368 e. The van der Waals surface area contributed by atoms with E-state index < -0.39 is 0 Å². The average molecular weight is 422 g/mol. The molecule has 3 heterocycles. The van der Waals surface area contributed by atoms with Crippen molar-refractivity contribution in [2.24, 2.45) is 0 Å². The second kappa shape index (κ2) is 7.53. The molecule has 30 heavy (non-hydrogen) atoms. The molecule has 1 saturated heterocycles. The number of amides is 1. The molecule has 2 aromatic carbocycles. The summed E-state index contributed by atoms with van der Waals surface area (Å²) in [7, 11) is 0. The molecule has 0 N–H and O–H groups in total. The molecule has 5 rings (SSSR count). The summed E-state index contributed by atoms with van der Waals surface area (Å²) in [6.07, 6.45) is 1.47. The zero-order valence-electron chi connectivity index (χ0n) is 16.1. The van der Waals surface area contributed by atoms with Gasteiger partial charge in [0.25, 0.3) is 5.56 Å². The minimum Gasteiger partial charge on any atom is -0.368 e. The Kier molecular flexibility index (Phi) is 4.71. The van der Waals surface area contributed by atoms with Crippen molar-refractivity contribution in [2.45, 2.75) is 6.54 Å². The van der Waals surface area contributed by atoms with Gasteiger partial charge >= 0.3 is 0 Å². The topological polar surface area (TPSA) is 58.4 Å². The van der Waals surface area contributed by atoms with Crippen LogP contribution in [0.2, 0.25) is 0 Å². The fourth-order valence-electron chi connectivity index (χ4n) is 3.84. The smallest absolute Gasteiger partial charge is 0.271 e. The van der Waals surface area contributed by atoms with Gasteiger partial charge in [0, 0.05) is 42.0 Å². The number of benzene rings is 2. The van der Waals surface area contributed by atoms with E-state index in [2.05, 4.69) is 9.88 Å². The van der Waals surface area contributed by atoms with Crippen LogP contribution in [0, 0.1) is 5.82 Å². The summed E-state index contributed by atoms with van der Waals surface area (Å²) in [5, 5.41) is 0.963. The molecular weight excluding hydrogens is 403 g/mol. The minimum absolute atomic E-state index is 0.0213. The van der Waals surface area contributed by atoms with Gasteiger partial charge in [-0.05, 0) is 30.3 Å². The van der Waals surface area contributed by atoms with E-state index >= 15 is 0 Å². The Morgan fingerprint density at radius 3 is 2.53 bits per heavy atom. The number of thiophene rings is 1. The molecule has 6 nitrogen and oxygen atoms in total. The number of halogens is 1. The van der Waals surface area contributed by atoms with Crippen LogP contribution >= 0.6 is 11.3 Å². The van der Waals surface area contributed by atoms with Crippen molar-refractivity contribution >= 4 is 43.2 Å². The summed E-state index contributed by atoms with van der Waals surface area (Å²) in [5.41, 5.74) is 1.45. The number of anilines is 1. The Morgan fingerprint density at radius 2 is 1.77 bits per heavy atom. The van der Waals surface area contributed by atoms with Gasteiger partial charge in [-0.15, -0.1) is 11.3 Å². The molecule has 1 aliphatic rings. The van der Waals surface area contributed by atoms with Gasteiger partial charge in [-0.25, -0.2) is 9.37 Å². The van der Waals surface area contributed by atoms with Crippen LogP contribution in [0.4, 0.5) is 10.1 Å². The first-order valence-electron chi connectivity index (χ1n) is 9.75. The van der Waals surface area contributed by atoms with Gasteiger partial charge in [0.05, 0.1) is 11.8 Å². The van der Waals surface area contributed by atoms with E-state index in [9.17, 15) is 14.0 Å². The maximum atomic E-state index is 13.1. The molecule has 4 aromatic rings. The molecule has 0 atom stereocenters. The average Bonchev–Trinajstić information content (AvgIpc) is 3.16. The zero-order chi connectivity index (χ0) is 20.7. The molecular formula is C22H19FN4O2S. The lowest BCUT2D eigenvalue weighted by molar-refractivity contribution is -0.132. The second-order valence-corrected chi connectivity index (χ2v) is 8.35. The van der Waals surface area contributed by atoms with Gasteiger partial charge < -0.3 is 9.80 Å². The summed E-state index contributed by atoms with van der Waals surface area (Å²) >= 11 is 1.41. The lowest BCUT2D eigenvalue weighted by Gasteiger charge is -2.36. The summed E-state index contributed by atoms with van der Waals surface area (Å²) in [5.74, 6) is -0.361. The highest BCUT2D eigenvalue weighted by Crippen LogP contribution is 2.29. The molecule has 1 amide bonds. The molecule has 8 heteroatoms. The highest BCUT2D eigenvalue weighted by molar-refractivity contribution is 7.25. The Bertz CT molecular complexity index is 1290. The number of rotatable bonds is 3. The van der Waals surface area contributed by atoms with Crippen LogP contribution in [0.25, 0.3) is 20.3 Å². The van der Waals surface area contributed by atoms with Gasteiger partial charge in [-0.2, -0.15) is 0 Å². The molecule has 0 radical (unpaired) electrons. The molecule has 1 fully saturated rings. The molecule has 0 unspecified atom stereocenters. The standard InChI is InChI=1S/C22H19FN4O2S/c23-15-5-7-16(8-6-15)25-9-11-26(12-10-25)19(28)13-27-14-24-20-17-3-1-2-4-18(17)30-21(20)22(27)29/h1-8,14H,9-13H2. The number of hydrogen-bond donors (Lipinski definition) is 0. The number of nitrogens with zero attached hydrogens (tertiary/aromatic N) is 4. The fraction of sp³-hybridized carbons (Fsp3) is 0.227. The van der Waals surface area contributed by atoms with Gasteiger partial charge in [0.15, 0.2) is 0 Å². The van der Waals surface area contributed by atoms with Crippen molar-refractivity contribution in [1.82, 2.24) is 14.5 Å². The normalized spacial score (nSPS) is 14.6. The maximum Gasteiger partial charge on any atom is 0.271 e. The highest BCUT2D eigenvalue weighted by Gasteiger charge is 2.22. The lowest BCUT2D eigenvalue weighted by Crippen LogP contribution is -2.50. The summed E-state index contributed by atoms with van der Waals surface area (Å²) in [6, 6.07) is 14.2. The van der Waals surface area contributed by atoms with E-state index in [0.29, 0.717) is 36.4 Å². The Morgan fingerprint density at radius 1 is 1.03 bits per heavy atom. The Labute approximate surface area is 175 Å². The third kappa shape index (κ3) is 3.33. The first-order valence-corrected chi connectivity index (χ1v) is 10.6. The Hall–Kier alpha value is -3.26. The first kappa shape index (κ1) is 18.7. The van der Waals surface area contributed by atoms with E-state index in [-0.39, 0.29) is 23.8 Å². The summed E-state index contributed by atoms with van der Waals surface area (Å²) in [6.45, 7) is 2.43. The quantitative estimate of drug-likeness (QED) is 0.509. The fourth-order valence-corrected chi connectivity index (χ4v) is 4.94. The van der Waals surface area contributed by atoms with E-state index in [4.69, 9.17) is 0 Å². The molecule has 0 aliphatic carbocycles. The van der Waals surface area contributed by atoms with Crippen molar-refractivity contribution in [3.05, 3.63) is 71.0 Å². The SMILES string of the molecule is O=C(Cn1cnc2c(sc3ccccc32)c1=O)N1CCN(c2ccc(F)cc2)CC1. The summed E-state index contributed by atoms with van der Waals surface area (Å²) in [4.78, 5) is 34.0. The molecule has 1 aliphatic heterocycles. The number of hydrogen-bond acceptors (Lipinski definition) is 5. The van der Waals surface area contributed by atoms with Gasteiger partial charge in [0.1, 0.15) is 17.1 Å². The molecule has 0 saturated carbocycles. The monoisotopic (exact) mass is 422 g/mol. The Balaban J connectivity index is 1.30. The van der Waals surface area contributed by atoms with E-state index in [1.165, 1.54) is 34.4 Å². The van der Waals surface area contributed by atoms with Crippen LogP contribution in [0.15, 0.2) is 59.7 Å². The molecule has 0 spiro atoms. The van der Waals surface area contributed by atoms with Gasteiger partial charge in [0.2, 0.25) is 5.91 Å². The van der Waals surface area contributed by atoms with Crippen molar-refractivity contribution in [2.75, 3.05) is 31.1 Å². The van der Waals surface area contributed by atoms with Crippen LogP contribution in [-0.2, 0) is 11.3 Å².